The fourth-order valence-corrected chi connectivity index (χ4v) is 7.55. The third-order valence-corrected chi connectivity index (χ3v) is 9.71. The molecule has 0 saturated carbocycles. The normalized spacial score (nSPS) is 11.8. The molecule has 10 rings (SSSR count). The molecule has 0 unspecified atom stereocenters. The van der Waals surface area contributed by atoms with Crippen LogP contribution in [0.1, 0.15) is 0 Å². The van der Waals surface area contributed by atoms with Gasteiger partial charge in [0.25, 0.3) is 0 Å². The summed E-state index contributed by atoms with van der Waals surface area (Å²) in [6.07, 6.45) is 0. The van der Waals surface area contributed by atoms with E-state index in [9.17, 15) is 0 Å². The summed E-state index contributed by atoms with van der Waals surface area (Å²) in [5.74, 6) is 0.936. The Bertz CT molecular complexity index is 2810. The minimum Gasteiger partial charge on any atom is -0.309 e. The lowest BCUT2D eigenvalue weighted by Gasteiger charge is -2.13. The van der Waals surface area contributed by atoms with Crippen LogP contribution in [0.25, 0.3) is 88.3 Å². The number of rotatable bonds is 4. The van der Waals surface area contributed by atoms with E-state index in [1.165, 1.54) is 60.2 Å². The summed E-state index contributed by atoms with van der Waals surface area (Å²) in [7, 11) is 0. The maximum Gasteiger partial charge on any atom is 0.145 e. The van der Waals surface area contributed by atoms with Crippen LogP contribution in [0.5, 0.6) is 0 Å². The van der Waals surface area contributed by atoms with Gasteiger partial charge in [0.2, 0.25) is 0 Å². The predicted octanol–water partition coefficient (Wildman–Crippen LogP) is 11.8. The van der Waals surface area contributed by atoms with Crippen molar-refractivity contribution in [1.29, 1.82) is 0 Å². The van der Waals surface area contributed by atoms with Gasteiger partial charge < -0.3 is 4.57 Å². The van der Waals surface area contributed by atoms with E-state index in [1.807, 2.05) is 0 Å². The van der Waals surface area contributed by atoms with E-state index < -0.39 is 0 Å². The average Bonchev–Trinajstić information content (AvgIpc) is 3.73. The Morgan fingerprint density at radius 1 is 0.333 bits per heavy atom. The molecule has 0 spiro atoms. The lowest BCUT2D eigenvalue weighted by atomic mass is 10.00. The van der Waals surface area contributed by atoms with Gasteiger partial charge in [0.1, 0.15) is 5.82 Å². The van der Waals surface area contributed by atoms with Crippen LogP contribution in [-0.2, 0) is 0 Å². The van der Waals surface area contributed by atoms with Crippen molar-refractivity contribution in [1.82, 2.24) is 14.1 Å². The van der Waals surface area contributed by atoms with Gasteiger partial charge in [0, 0.05) is 38.5 Å². The second-order valence-corrected chi connectivity index (χ2v) is 12.4. The molecule has 0 aliphatic rings. The number of imidazole rings is 1. The van der Waals surface area contributed by atoms with Gasteiger partial charge in [-0.1, -0.05) is 133 Å². The molecule has 0 atom stereocenters. The molecule has 2 aromatic heterocycles. The highest BCUT2D eigenvalue weighted by Gasteiger charge is 2.20. The first-order valence-corrected chi connectivity index (χ1v) is 16.4. The van der Waals surface area contributed by atoms with Gasteiger partial charge in [-0.3, -0.25) is 4.57 Å². The Hall–Kier alpha value is -6.45. The third kappa shape index (κ3) is 3.98. The quantitative estimate of drug-likeness (QED) is 0.182. The molecule has 10 aromatic rings. The van der Waals surface area contributed by atoms with Crippen LogP contribution in [0.4, 0.5) is 0 Å². The number of nitrogens with zero attached hydrogens (tertiary/aromatic N) is 3. The van der Waals surface area contributed by atoms with Crippen LogP contribution in [0.3, 0.4) is 0 Å². The van der Waals surface area contributed by atoms with Crippen molar-refractivity contribution in [3.05, 3.63) is 176 Å². The lowest BCUT2D eigenvalue weighted by Crippen LogP contribution is -1.98. The zero-order valence-corrected chi connectivity index (χ0v) is 26.1. The Labute approximate surface area is 277 Å². The first kappa shape index (κ1) is 26.7. The number of fused-ring (bicyclic) bond motifs is 9. The van der Waals surface area contributed by atoms with Crippen LogP contribution < -0.4 is 0 Å². The van der Waals surface area contributed by atoms with Gasteiger partial charge in [0.05, 0.1) is 22.1 Å². The monoisotopic (exact) mass is 611 g/mol. The summed E-state index contributed by atoms with van der Waals surface area (Å²) >= 11 is 0. The smallest absolute Gasteiger partial charge is 0.145 e. The summed E-state index contributed by atoms with van der Waals surface area (Å²) in [4.78, 5) is 5.41. The Kier molecular flexibility index (Phi) is 5.87. The van der Waals surface area contributed by atoms with E-state index in [0.717, 1.165) is 28.1 Å². The van der Waals surface area contributed by atoms with Crippen molar-refractivity contribution >= 4 is 54.4 Å². The number of hydrogen-bond acceptors (Lipinski definition) is 1. The molecule has 0 saturated heterocycles. The highest BCUT2D eigenvalue weighted by atomic mass is 15.1. The van der Waals surface area contributed by atoms with Crippen molar-refractivity contribution in [2.45, 2.75) is 0 Å². The molecular weight excluding hydrogens is 583 g/mol. The van der Waals surface area contributed by atoms with Gasteiger partial charge in [-0.15, -0.1) is 0 Å². The first-order chi connectivity index (χ1) is 23.8. The summed E-state index contributed by atoms with van der Waals surface area (Å²) in [6, 6.07) is 63.0. The largest absolute Gasteiger partial charge is 0.309 e. The number of aromatic nitrogens is 3. The number of para-hydroxylation sites is 3. The molecule has 8 aromatic carbocycles. The Morgan fingerprint density at radius 3 is 1.54 bits per heavy atom. The molecule has 0 aliphatic heterocycles. The fourth-order valence-electron chi connectivity index (χ4n) is 7.55. The minimum atomic E-state index is 0.936. The number of benzene rings is 8. The maximum absolute atomic E-state index is 5.41. The predicted molar refractivity (Wildman–Crippen MR) is 201 cm³/mol. The zero-order valence-electron chi connectivity index (χ0n) is 26.1. The number of hydrogen-bond donors (Lipinski definition) is 0. The Balaban J connectivity index is 1.16. The second-order valence-electron chi connectivity index (χ2n) is 12.4. The third-order valence-electron chi connectivity index (χ3n) is 9.71. The van der Waals surface area contributed by atoms with E-state index in [2.05, 4.69) is 185 Å². The van der Waals surface area contributed by atoms with Gasteiger partial charge >= 0.3 is 0 Å². The summed E-state index contributed by atoms with van der Waals surface area (Å²) in [5.41, 5.74) is 10.3. The minimum absolute atomic E-state index is 0.936. The molecule has 2 heterocycles. The van der Waals surface area contributed by atoms with Crippen molar-refractivity contribution in [2.24, 2.45) is 0 Å². The standard InChI is InChI=1S/C45H29N3/c1-3-13-33(14-4-1)47-41-22-12-11-19-37(41)40-29-32(27-28-42(40)47)30-23-25-31(26-24-30)45-46-43-38-20-9-7-17-35(38)36-18-8-10-21-39(36)44(43)48(45)34-15-5-2-6-16-34/h1-29H. The van der Waals surface area contributed by atoms with E-state index in [1.54, 1.807) is 0 Å². The highest BCUT2D eigenvalue weighted by molar-refractivity contribution is 6.24. The van der Waals surface area contributed by atoms with Crippen LogP contribution in [-0.4, -0.2) is 14.1 Å². The van der Waals surface area contributed by atoms with Gasteiger partial charge in [-0.05, 0) is 64.4 Å². The van der Waals surface area contributed by atoms with Crippen molar-refractivity contribution in [3.63, 3.8) is 0 Å². The molecule has 48 heavy (non-hydrogen) atoms. The van der Waals surface area contributed by atoms with Crippen LogP contribution >= 0.6 is 0 Å². The summed E-state index contributed by atoms with van der Waals surface area (Å²) < 4.78 is 4.70. The fraction of sp³-hybridized carbons (Fsp3) is 0. The summed E-state index contributed by atoms with van der Waals surface area (Å²) in [5, 5.41) is 7.34. The molecule has 0 fully saturated rings. The maximum atomic E-state index is 5.41. The molecule has 224 valence electrons. The van der Waals surface area contributed by atoms with Crippen LogP contribution in [0.2, 0.25) is 0 Å². The van der Waals surface area contributed by atoms with Gasteiger partial charge in [-0.2, -0.15) is 0 Å². The lowest BCUT2D eigenvalue weighted by molar-refractivity contribution is 1.11. The molecule has 0 N–H and O–H groups in total. The average molecular weight is 612 g/mol. The van der Waals surface area contributed by atoms with E-state index in [4.69, 9.17) is 4.98 Å². The molecule has 0 aliphatic carbocycles. The van der Waals surface area contributed by atoms with Gasteiger partial charge in [0.15, 0.2) is 0 Å². The SMILES string of the molecule is c1ccc(-n2c(-c3ccc(-c4ccc5c(c4)c4ccccc4n5-c4ccccc4)cc3)nc3c4ccccc4c4ccccc4c32)cc1. The van der Waals surface area contributed by atoms with Crippen LogP contribution in [0.15, 0.2) is 176 Å². The van der Waals surface area contributed by atoms with Crippen molar-refractivity contribution in [2.75, 3.05) is 0 Å². The molecule has 3 heteroatoms. The molecule has 0 bridgehead atoms. The second kappa shape index (κ2) is 10.5. The van der Waals surface area contributed by atoms with E-state index in [-0.39, 0.29) is 0 Å². The highest BCUT2D eigenvalue weighted by Crippen LogP contribution is 2.40. The molecule has 0 radical (unpaired) electrons. The topological polar surface area (TPSA) is 22.8 Å². The van der Waals surface area contributed by atoms with Crippen LogP contribution in [0, 0.1) is 0 Å². The molecule has 3 nitrogen and oxygen atoms in total. The van der Waals surface area contributed by atoms with E-state index >= 15 is 0 Å². The molecule has 0 amide bonds. The summed E-state index contributed by atoms with van der Waals surface area (Å²) in [6.45, 7) is 0. The van der Waals surface area contributed by atoms with Gasteiger partial charge in [-0.25, -0.2) is 4.98 Å². The van der Waals surface area contributed by atoms with Crippen molar-refractivity contribution in [3.8, 4) is 33.9 Å². The van der Waals surface area contributed by atoms with Crippen molar-refractivity contribution < 1.29 is 0 Å². The molecular formula is C45H29N3. The van der Waals surface area contributed by atoms with E-state index in [0.29, 0.717) is 0 Å². The Morgan fingerprint density at radius 2 is 0.833 bits per heavy atom. The zero-order chi connectivity index (χ0) is 31.6. The first-order valence-electron chi connectivity index (χ1n) is 16.4.